The SMILES string of the molecule is O=C(Nc1ccc(S(=O)(=O)N2CCC(F)(F)CC2)cc1)c1ccc(CN2CCc3ccccc3C2)cc1. The van der Waals surface area contributed by atoms with Crippen LogP contribution in [-0.4, -0.2) is 49.1 Å². The summed E-state index contributed by atoms with van der Waals surface area (Å²) in [5, 5.41) is 2.78. The standard InChI is InChI=1S/C28H29F2N3O3S/c29-28(30)14-17-33(18-15-28)37(35,36)26-11-9-25(10-12-26)31-27(34)23-7-5-21(6-8-23)19-32-16-13-22-3-1-2-4-24(22)20-32/h1-12H,13-20H2,(H,31,34). The van der Waals surface area contributed by atoms with Crippen LogP contribution in [0.1, 0.15) is 39.9 Å². The molecule has 2 aliphatic heterocycles. The largest absolute Gasteiger partial charge is 0.322 e. The fourth-order valence-electron chi connectivity index (χ4n) is 4.83. The van der Waals surface area contributed by atoms with Gasteiger partial charge in [-0.25, -0.2) is 17.2 Å². The van der Waals surface area contributed by atoms with Crippen molar-refractivity contribution in [3.63, 3.8) is 0 Å². The molecule has 0 bridgehead atoms. The number of sulfonamides is 1. The molecule has 6 nitrogen and oxygen atoms in total. The third-order valence-electron chi connectivity index (χ3n) is 7.04. The lowest BCUT2D eigenvalue weighted by Crippen LogP contribution is -2.42. The Labute approximate surface area is 216 Å². The number of hydrogen-bond donors (Lipinski definition) is 1. The average Bonchev–Trinajstić information content (AvgIpc) is 2.89. The fraction of sp³-hybridized carbons (Fsp3) is 0.321. The Balaban J connectivity index is 1.17. The normalized spacial score (nSPS) is 18.2. The lowest BCUT2D eigenvalue weighted by atomic mass is 9.99. The molecule has 0 spiro atoms. The maximum atomic E-state index is 13.4. The molecule has 1 saturated heterocycles. The highest BCUT2D eigenvalue weighted by Crippen LogP contribution is 2.31. The van der Waals surface area contributed by atoms with Gasteiger partial charge in [0.1, 0.15) is 0 Å². The van der Waals surface area contributed by atoms with Crippen LogP contribution in [0.4, 0.5) is 14.5 Å². The quantitative estimate of drug-likeness (QED) is 0.496. The van der Waals surface area contributed by atoms with Crippen molar-refractivity contribution in [2.75, 3.05) is 25.0 Å². The summed E-state index contributed by atoms with van der Waals surface area (Å²) in [4.78, 5) is 15.1. The molecule has 2 aliphatic rings. The zero-order valence-electron chi connectivity index (χ0n) is 20.4. The molecular formula is C28H29F2N3O3S. The van der Waals surface area contributed by atoms with Gasteiger partial charge in [-0.2, -0.15) is 4.31 Å². The summed E-state index contributed by atoms with van der Waals surface area (Å²) in [5.74, 6) is -3.12. The molecule has 5 rings (SSSR count). The van der Waals surface area contributed by atoms with Gasteiger partial charge in [0.15, 0.2) is 0 Å². The number of amides is 1. The first kappa shape index (κ1) is 25.5. The summed E-state index contributed by atoms with van der Waals surface area (Å²) in [7, 11) is -3.86. The summed E-state index contributed by atoms with van der Waals surface area (Å²) in [5.41, 5.74) is 4.85. The zero-order chi connectivity index (χ0) is 26.0. The van der Waals surface area contributed by atoms with E-state index in [1.54, 1.807) is 12.1 Å². The van der Waals surface area contributed by atoms with Gasteiger partial charge in [0.2, 0.25) is 10.0 Å². The van der Waals surface area contributed by atoms with Gasteiger partial charge in [-0.1, -0.05) is 36.4 Å². The Morgan fingerprint density at radius 2 is 1.51 bits per heavy atom. The molecular weight excluding hydrogens is 496 g/mol. The number of nitrogens with zero attached hydrogens (tertiary/aromatic N) is 2. The number of benzene rings is 3. The monoisotopic (exact) mass is 525 g/mol. The molecule has 0 aliphatic carbocycles. The summed E-state index contributed by atoms with van der Waals surface area (Å²) in [6.45, 7) is 2.29. The number of rotatable bonds is 6. The van der Waals surface area contributed by atoms with Crippen LogP contribution in [0.3, 0.4) is 0 Å². The van der Waals surface area contributed by atoms with Crippen molar-refractivity contribution < 1.29 is 22.0 Å². The molecule has 1 amide bonds. The van der Waals surface area contributed by atoms with Crippen LogP contribution < -0.4 is 5.32 Å². The molecule has 0 atom stereocenters. The average molecular weight is 526 g/mol. The van der Waals surface area contributed by atoms with Crippen LogP contribution in [0.2, 0.25) is 0 Å². The Hall–Kier alpha value is -3.14. The van der Waals surface area contributed by atoms with Gasteiger partial charge in [-0.3, -0.25) is 9.69 Å². The Bertz CT molecular complexity index is 1370. The Morgan fingerprint density at radius 1 is 0.865 bits per heavy atom. The maximum Gasteiger partial charge on any atom is 0.255 e. The van der Waals surface area contributed by atoms with E-state index >= 15 is 0 Å². The van der Waals surface area contributed by atoms with Crippen molar-refractivity contribution >= 4 is 21.6 Å². The number of carbonyl (C=O) groups excluding carboxylic acids is 1. The second-order valence-corrected chi connectivity index (χ2v) is 11.6. The summed E-state index contributed by atoms with van der Waals surface area (Å²) >= 11 is 0. The first-order valence-corrected chi connectivity index (χ1v) is 13.8. The van der Waals surface area contributed by atoms with Crippen molar-refractivity contribution in [2.24, 2.45) is 0 Å². The number of carbonyl (C=O) groups is 1. The highest BCUT2D eigenvalue weighted by molar-refractivity contribution is 7.89. The van der Waals surface area contributed by atoms with Gasteiger partial charge in [0, 0.05) is 56.8 Å². The third-order valence-corrected chi connectivity index (χ3v) is 8.95. The minimum Gasteiger partial charge on any atom is -0.322 e. The Morgan fingerprint density at radius 3 is 2.19 bits per heavy atom. The number of anilines is 1. The molecule has 0 unspecified atom stereocenters. The van der Waals surface area contributed by atoms with Crippen LogP contribution in [-0.2, 0) is 29.5 Å². The fourth-order valence-corrected chi connectivity index (χ4v) is 6.27. The second-order valence-electron chi connectivity index (χ2n) is 9.66. The minimum absolute atomic E-state index is 0.0143. The molecule has 9 heteroatoms. The van der Waals surface area contributed by atoms with Gasteiger partial charge >= 0.3 is 0 Å². The summed E-state index contributed by atoms with van der Waals surface area (Å²) in [6.07, 6.45) is 0.0705. The van der Waals surface area contributed by atoms with E-state index in [1.165, 1.54) is 35.4 Å². The first-order valence-electron chi connectivity index (χ1n) is 12.4. The molecule has 194 valence electrons. The smallest absolute Gasteiger partial charge is 0.255 e. The van der Waals surface area contributed by atoms with Crippen LogP contribution in [0, 0.1) is 0 Å². The highest BCUT2D eigenvalue weighted by Gasteiger charge is 2.38. The van der Waals surface area contributed by atoms with Crippen molar-refractivity contribution in [3.05, 3.63) is 95.1 Å². The molecule has 2 heterocycles. The van der Waals surface area contributed by atoms with E-state index < -0.39 is 28.8 Å². The van der Waals surface area contributed by atoms with Crippen LogP contribution in [0.25, 0.3) is 0 Å². The lowest BCUT2D eigenvalue weighted by molar-refractivity contribution is -0.0412. The van der Waals surface area contributed by atoms with Crippen LogP contribution in [0.5, 0.6) is 0 Å². The van der Waals surface area contributed by atoms with E-state index in [9.17, 15) is 22.0 Å². The number of halogens is 2. The maximum absolute atomic E-state index is 13.4. The van der Waals surface area contributed by atoms with Gasteiger partial charge in [-0.05, 0) is 59.5 Å². The van der Waals surface area contributed by atoms with Gasteiger partial charge < -0.3 is 5.32 Å². The summed E-state index contributed by atoms with van der Waals surface area (Å²) < 4.78 is 53.4. The molecule has 37 heavy (non-hydrogen) atoms. The van der Waals surface area contributed by atoms with Crippen molar-refractivity contribution in [3.8, 4) is 0 Å². The number of fused-ring (bicyclic) bond motifs is 1. The predicted molar refractivity (Wildman–Crippen MR) is 138 cm³/mol. The molecule has 0 aromatic heterocycles. The van der Waals surface area contributed by atoms with Gasteiger partial charge in [-0.15, -0.1) is 0 Å². The minimum atomic E-state index is -3.86. The highest BCUT2D eigenvalue weighted by atomic mass is 32.2. The van der Waals surface area contributed by atoms with Crippen molar-refractivity contribution in [1.82, 2.24) is 9.21 Å². The van der Waals surface area contributed by atoms with E-state index in [4.69, 9.17) is 0 Å². The number of hydrogen-bond acceptors (Lipinski definition) is 4. The number of alkyl halides is 2. The predicted octanol–water partition coefficient (Wildman–Crippen LogP) is 4.92. The molecule has 1 N–H and O–H groups in total. The van der Waals surface area contributed by atoms with Gasteiger partial charge in [0.25, 0.3) is 11.8 Å². The topological polar surface area (TPSA) is 69.7 Å². The molecule has 3 aromatic rings. The van der Waals surface area contributed by atoms with E-state index in [-0.39, 0.29) is 23.9 Å². The Kier molecular flexibility index (Phi) is 7.11. The van der Waals surface area contributed by atoms with Crippen LogP contribution >= 0.6 is 0 Å². The number of nitrogens with one attached hydrogen (secondary N) is 1. The van der Waals surface area contributed by atoms with Gasteiger partial charge in [0.05, 0.1) is 4.90 Å². The van der Waals surface area contributed by atoms with E-state index in [2.05, 4.69) is 34.5 Å². The molecule has 0 radical (unpaired) electrons. The van der Waals surface area contributed by atoms with E-state index in [1.807, 2.05) is 12.1 Å². The number of piperidine rings is 1. The summed E-state index contributed by atoms with van der Waals surface area (Å²) in [6, 6.07) is 21.8. The molecule has 3 aromatic carbocycles. The van der Waals surface area contributed by atoms with E-state index in [0.717, 1.165) is 35.9 Å². The third kappa shape index (κ3) is 5.89. The van der Waals surface area contributed by atoms with E-state index in [0.29, 0.717) is 11.3 Å². The van der Waals surface area contributed by atoms with Crippen LogP contribution in [0.15, 0.2) is 77.7 Å². The second kappa shape index (κ2) is 10.3. The molecule has 0 saturated carbocycles. The van der Waals surface area contributed by atoms with Crippen molar-refractivity contribution in [2.45, 2.75) is 43.2 Å². The lowest BCUT2D eigenvalue weighted by Gasteiger charge is -2.30. The molecule has 1 fully saturated rings. The zero-order valence-corrected chi connectivity index (χ0v) is 21.2. The van der Waals surface area contributed by atoms with Crippen molar-refractivity contribution in [1.29, 1.82) is 0 Å². The first-order chi connectivity index (χ1) is 17.7.